The van der Waals surface area contributed by atoms with Crippen molar-refractivity contribution >= 4 is 28.2 Å². The Kier molecular flexibility index (Phi) is 4.42. The number of hydrogen-bond donors (Lipinski definition) is 2. The third kappa shape index (κ3) is 3.13. The van der Waals surface area contributed by atoms with Gasteiger partial charge in [0.1, 0.15) is 12.6 Å². The fraction of sp³-hybridized carbons (Fsp3) is 0.350. The van der Waals surface area contributed by atoms with E-state index in [0.717, 1.165) is 32.6 Å². The SMILES string of the molecule is O=CN1CC[NH+](CC(O)Cn2c3ccccc3c3ccccc32)CC1. The normalized spacial score (nSPS) is 17.2. The Morgan fingerprint density at radius 1 is 1.00 bits per heavy atom. The Hall–Kier alpha value is -2.37. The van der Waals surface area contributed by atoms with Crippen molar-refractivity contribution in [1.29, 1.82) is 0 Å². The Labute approximate surface area is 147 Å². The first-order chi connectivity index (χ1) is 12.3. The van der Waals surface area contributed by atoms with Crippen LogP contribution in [0.1, 0.15) is 0 Å². The van der Waals surface area contributed by atoms with E-state index in [4.69, 9.17) is 0 Å². The second-order valence-electron chi connectivity index (χ2n) is 6.89. The summed E-state index contributed by atoms with van der Waals surface area (Å²) in [6.07, 6.45) is 0.516. The summed E-state index contributed by atoms with van der Waals surface area (Å²) in [6, 6.07) is 16.8. The maximum absolute atomic E-state index is 10.8. The summed E-state index contributed by atoms with van der Waals surface area (Å²) in [4.78, 5) is 14.0. The van der Waals surface area contributed by atoms with Gasteiger partial charge in [0.2, 0.25) is 6.41 Å². The van der Waals surface area contributed by atoms with Crippen LogP contribution in [0, 0.1) is 0 Å². The van der Waals surface area contributed by atoms with Gasteiger partial charge in [0.15, 0.2) is 0 Å². The molecule has 1 aromatic heterocycles. The third-order valence-corrected chi connectivity index (χ3v) is 5.25. The topological polar surface area (TPSA) is 49.9 Å². The number of aliphatic hydroxyl groups excluding tert-OH is 1. The van der Waals surface area contributed by atoms with Crippen LogP contribution in [0.4, 0.5) is 0 Å². The number of hydrogen-bond acceptors (Lipinski definition) is 2. The van der Waals surface area contributed by atoms with E-state index in [1.165, 1.54) is 26.7 Å². The summed E-state index contributed by atoms with van der Waals surface area (Å²) in [5.74, 6) is 0. The second-order valence-corrected chi connectivity index (χ2v) is 6.89. The largest absolute Gasteiger partial charge is 0.385 e. The molecule has 5 heteroatoms. The highest BCUT2D eigenvalue weighted by atomic mass is 16.3. The number of nitrogens with one attached hydrogen (secondary N) is 1. The molecule has 4 rings (SSSR count). The van der Waals surface area contributed by atoms with Gasteiger partial charge in [0.25, 0.3) is 0 Å². The molecule has 0 radical (unpaired) electrons. The Morgan fingerprint density at radius 2 is 1.56 bits per heavy atom. The molecule has 1 aliphatic rings. The van der Waals surface area contributed by atoms with Gasteiger partial charge in [0, 0.05) is 21.8 Å². The Morgan fingerprint density at radius 3 is 2.12 bits per heavy atom. The molecule has 3 aromatic rings. The van der Waals surface area contributed by atoms with Gasteiger partial charge >= 0.3 is 0 Å². The highest BCUT2D eigenvalue weighted by Crippen LogP contribution is 2.28. The first-order valence-corrected chi connectivity index (χ1v) is 8.93. The molecule has 0 spiro atoms. The number of fused-ring (bicyclic) bond motifs is 3. The lowest BCUT2D eigenvalue weighted by Crippen LogP contribution is -3.15. The highest BCUT2D eigenvalue weighted by Gasteiger charge is 2.22. The van der Waals surface area contributed by atoms with Crippen LogP contribution < -0.4 is 4.90 Å². The number of carbonyl (C=O) groups excluding carboxylic acids is 1. The molecular weight excluding hydrogens is 314 g/mol. The van der Waals surface area contributed by atoms with Crippen molar-refractivity contribution in [3.63, 3.8) is 0 Å². The van der Waals surface area contributed by atoms with Crippen molar-refractivity contribution in [3.8, 4) is 0 Å². The van der Waals surface area contributed by atoms with Gasteiger partial charge in [-0.15, -0.1) is 0 Å². The highest BCUT2D eigenvalue weighted by molar-refractivity contribution is 6.07. The molecule has 5 nitrogen and oxygen atoms in total. The van der Waals surface area contributed by atoms with Gasteiger partial charge in [0.05, 0.1) is 32.7 Å². The zero-order chi connectivity index (χ0) is 17.2. The van der Waals surface area contributed by atoms with Crippen LogP contribution in [0.2, 0.25) is 0 Å². The van der Waals surface area contributed by atoms with Crippen molar-refractivity contribution < 1.29 is 14.8 Å². The van der Waals surface area contributed by atoms with Crippen LogP contribution in [-0.2, 0) is 11.3 Å². The van der Waals surface area contributed by atoms with Crippen LogP contribution >= 0.6 is 0 Å². The number of piperazine rings is 1. The van der Waals surface area contributed by atoms with Crippen LogP contribution in [0.5, 0.6) is 0 Å². The monoisotopic (exact) mass is 338 g/mol. The quantitative estimate of drug-likeness (QED) is 0.666. The molecule has 1 fully saturated rings. The predicted octanol–water partition coefficient (Wildman–Crippen LogP) is 0.512. The van der Waals surface area contributed by atoms with Crippen LogP contribution in [-0.4, -0.2) is 59.8 Å². The van der Waals surface area contributed by atoms with Crippen molar-refractivity contribution in [2.24, 2.45) is 0 Å². The predicted molar refractivity (Wildman–Crippen MR) is 98.7 cm³/mol. The molecule has 0 bridgehead atoms. The molecule has 0 saturated carbocycles. The fourth-order valence-corrected chi connectivity index (χ4v) is 3.96. The maximum Gasteiger partial charge on any atom is 0.210 e. The van der Waals surface area contributed by atoms with Gasteiger partial charge < -0.3 is 19.5 Å². The fourth-order valence-electron chi connectivity index (χ4n) is 3.96. The molecule has 25 heavy (non-hydrogen) atoms. The number of benzene rings is 2. The van der Waals surface area contributed by atoms with Crippen LogP contribution in [0.3, 0.4) is 0 Å². The lowest BCUT2D eigenvalue weighted by Gasteiger charge is -2.31. The lowest BCUT2D eigenvalue weighted by molar-refractivity contribution is -0.907. The molecule has 0 aliphatic carbocycles. The standard InChI is InChI=1S/C20H23N3O2/c24-15-22-11-9-21(10-12-22)13-16(25)14-23-19-7-3-1-5-17(19)18-6-2-4-8-20(18)23/h1-8,15-16,25H,9-14H2/p+1. The molecule has 1 aliphatic heterocycles. The number of nitrogens with zero attached hydrogens (tertiary/aromatic N) is 2. The maximum atomic E-state index is 10.8. The van der Waals surface area contributed by atoms with Gasteiger partial charge in [-0.2, -0.15) is 0 Å². The van der Waals surface area contributed by atoms with Crippen LogP contribution in [0.25, 0.3) is 21.8 Å². The molecule has 2 aromatic carbocycles. The number of aromatic nitrogens is 1. The van der Waals surface area contributed by atoms with E-state index in [0.29, 0.717) is 13.1 Å². The van der Waals surface area contributed by atoms with Gasteiger partial charge in [-0.05, 0) is 12.1 Å². The Bertz CT molecular complexity index is 828. The van der Waals surface area contributed by atoms with Crippen molar-refractivity contribution in [1.82, 2.24) is 9.47 Å². The van der Waals surface area contributed by atoms with E-state index in [9.17, 15) is 9.90 Å². The lowest BCUT2D eigenvalue weighted by atomic mass is 10.2. The molecule has 1 unspecified atom stereocenters. The van der Waals surface area contributed by atoms with E-state index >= 15 is 0 Å². The minimum absolute atomic E-state index is 0.406. The molecule has 1 saturated heterocycles. The van der Waals surface area contributed by atoms with E-state index < -0.39 is 6.10 Å². The summed E-state index contributed by atoms with van der Waals surface area (Å²) in [5, 5.41) is 13.2. The number of rotatable bonds is 5. The Balaban J connectivity index is 1.54. The van der Waals surface area contributed by atoms with Crippen LogP contribution in [0.15, 0.2) is 48.5 Å². The first-order valence-electron chi connectivity index (χ1n) is 8.93. The van der Waals surface area contributed by atoms with Crippen molar-refractivity contribution in [3.05, 3.63) is 48.5 Å². The smallest absolute Gasteiger partial charge is 0.210 e. The number of carbonyl (C=O) groups is 1. The van der Waals surface area contributed by atoms with E-state index in [1.807, 2.05) is 17.0 Å². The van der Waals surface area contributed by atoms with E-state index in [-0.39, 0.29) is 0 Å². The zero-order valence-electron chi connectivity index (χ0n) is 14.3. The number of para-hydroxylation sites is 2. The molecule has 2 N–H and O–H groups in total. The average molecular weight is 338 g/mol. The number of amides is 1. The molecule has 1 amide bonds. The molecule has 130 valence electrons. The number of aliphatic hydroxyl groups is 1. The van der Waals surface area contributed by atoms with Crippen molar-refractivity contribution in [2.45, 2.75) is 12.6 Å². The minimum atomic E-state index is -0.406. The average Bonchev–Trinajstić information content (AvgIpc) is 2.97. The number of quaternary nitrogens is 1. The summed E-state index contributed by atoms with van der Waals surface area (Å²) in [6.45, 7) is 4.68. The molecular formula is C20H24N3O2+. The minimum Gasteiger partial charge on any atom is -0.385 e. The molecule has 1 atom stereocenters. The van der Waals surface area contributed by atoms with E-state index in [2.05, 4.69) is 41.0 Å². The van der Waals surface area contributed by atoms with Gasteiger partial charge in [-0.3, -0.25) is 4.79 Å². The summed E-state index contributed by atoms with van der Waals surface area (Å²) in [7, 11) is 0. The second kappa shape index (κ2) is 6.86. The summed E-state index contributed by atoms with van der Waals surface area (Å²) < 4.78 is 2.23. The van der Waals surface area contributed by atoms with Crippen molar-refractivity contribution in [2.75, 3.05) is 32.7 Å². The van der Waals surface area contributed by atoms with E-state index in [1.54, 1.807) is 0 Å². The molecule has 2 heterocycles. The summed E-state index contributed by atoms with van der Waals surface area (Å²) in [5.41, 5.74) is 2.34. The summed E-state index contributed by atoms with van der Waals surface area (Å²) >= 11 is 0. The van der Waals surface area contributed by atoms with Gasteiger partial charge in [-0.1, -0.05) is 36.4 Å². The zero-order valence-corrected chi connectivity index (χ0v) is 14.3. The van der Waals surface area contributed by atoms with Gasteiger partial charge in [-0.25, -0.2) is 0 Å². The third-order valence-electron chi connectivity index (χ3n) is 5.25. The first kappa shape index (κ1) is 16.1.